The van der Waals surface area contributed by atoms with Crippen LogP contribution in [0.1, 0.15) is 18.4 Å². The van der Waals surface area contributed by atoms with Gasteiger partial charge in [0.25, 0.3) is 0 Å². The minimum absolute atomic E-state index is 0.0992. The molecule has 1 aliphatic heterocycles. The smallest absolute Gasteiger partial charge is 0.343 e. The van der Waals surface area contributed by atoms with Gasteiger partial charge in [-0.15, -0.1) is 0 Å². The number of fused-ring (bicyclic) bond motifs is 5. The van der Waals surface area contributed by atoms with Gasteiger partial charge in [0, 0.05) is 11.3 Å². The second-order valence-electron chi connectivity index (χ2n) is 5.01. The summed E-state index contributed by atoms with van der Waals surface area (Å²) in [7, 11) is 0. The molecule has 2 aromatic carbocycles. The molecule has 0 aliphatic carbocycles. The molecular formula is C16H12O3. The molecule has 1 aliphatic rings. The molecule has 0 saturated carbocycles. The Labute approximate surface area is 109 Å². The molecule has 0 bridgehead atoms. The fourth-order valence-electron chi connectivity index (χ4n) is 2.79. The highest BCUT2D eigenvalue weighted by Gasteiger charge is 2.27. The first-order chi connectivity index (χ1) is 9.25. The maximum absolute atomic E-state index is 12.1. The summed E-state index contributed by atoms with van der Waals surface area (Å²) in [5.41, 5.74) is 1.02. The van der Waals surface area contributed by atoms with Crippen LogP contribution in [-0.2, 0) is 0 Å². The second kappa shape index (κ2) is 3.60. The quantitative estimate of drug-likeness (QED) is 0.454. The van der Waals surface area contributed by atoms with Gasteiger partial charge in [-0.2, -0.15) is 0 Å². The zero-order chi connectivity index (χ0) is 13.0. The highest BCUT2D eigenvalue weighted by molar-refractivity contribution is 6.06. The van der Waals surface area contributed by atoms with Crippen LogP contribution in [0.3, 0.4) is 0 Å². The molecule has 0 spiro atoms. The molecule has 1 aromatic heterocycles. The van der Waals surface area contributed by atoms with Crippen LogP contribution in [0.4, 0.5) is 0 Å². The standard InChI is InChI=1S/C16H12O3/c1-9-8-18-15-12-7-6-10-4-2-3-5-11(10)14(12)19-16(17)13(9)15/h2-7,9H,8H2,1H3. The third-order valence-electron chi connectivity index (χ3n) is 3.75. The Morgan fingerprint density at radius 1 is 1.11 bits per heavy atom. The lowest BCUT2D eigenvalue weighted by Gasteiger charge is -2.06. The highest BCUT2D eigenvalue weighted by atomic mass is 16.5. The lowest BCUT2D eigenvalue weighted by molar-refractivity contribution is 0.340. The van der Waals surface area contributed by atoms with E-state index in [1.807, 2.05) is 43.3 Å². The lowest BCUT2D eigenvalue weighted by atomic mass is 10.0. The molecule has 94 valence electrons. The lowest BCUT2D eigenvalue weighted by Crippen LogP contribution is -2.07. The summed E-state index contributed by atoms with van der Waals surface area (Å²) in [6.07, 6.45) is 0. The maximum atomic E-state index is 12.1. The number of benzene rings is 2. The first-order valence-corrected chi connectivity index (χ1v) is 6.37. The van der Waals surface area contributed by atoms with Crippen molar-refractivity contribution < 1.29 is 9.15 Å². The molecule has 0 amide bonds. The van der Waals surface area contributed by atoms with Crippen LogP contribution in [0.2, 0.25) is 0 Å². The van der Waals surface area contributed by atoms with Gasteiger partial charge in [0.2, 0.25) is 0 Å². The fourth-order valence-corrected chi connectivity index (χ4v) is 2.79. The average Bonchev–Trinajstić information content (AvgIpc) is 2.82. The summed E-state index contributed by atoms with van der Waals surface area (Å²) in [6.45, 7) is 2.53. The van der Waals surface area contributed by atoms with E-state index in [1.165, 1.54) is 0 Å². The van der Waals surface area contributed by atoms with E-state index in [2.05, 4.69) is 0 Å². The van der Waals surface area contributed by atoms with E-state index in [1.54, 1.807) is 0 Å². The van der Waals surface area contributed by atoms with Crippen LogP contribution in [-0.4, -0.2) is 6.61 Å². The minimum atomic E-state index is -0.274. The van der Waals surface area contributed by atoms with E-state index in [-0.39, 0.29) is 11.5 Å². The van der Waals surface area contributed by atoms with Gasteiger partial charge in [-0.05, 0) is 11.5 Å². The Bertz CT molecular complexity index is 861. The minimum Gasteiger partial charge on any atom is -0.492 e. The van der Waals surface area contributed by atoms with E-state index in [0.717, 1.165) is 16.2 Å². The largest absolute Gasteiger partial charge is 0.492 e. The van der Waals surface area contributed by atoms with Crippen LogP contribution in [0.5, 0.6) is 5.75 Å². The van der Waals surface area contributed by atoms with Crippen LogP contribution < -0.4 is 10.4 Å². The fraction of sp³-hybridized carbons (Fsp3) is 0.188. The van der Waals surface area contributed by atoms with Crippen molar-refractivity contribution in [2.45, 2.75) is 12.8 Å². The van der Waals surface area contributed by atoms with Crippen LogP contribution in [0.25, 0.3) is 21.7 Å². The number of ether oxygens (including phenoxy) is 1. The predicted octanol–water partition coefficient (Wildman–Crippen LogP) is 3.44. The molecule has 0 fully saturated rings. The Hall–Kier alpha value is -2.29. The van der Waals surface area contributed by atoms with E-state index >= 15 is 0 Å². The number of hydrogen-bond acceptors (Lipinski definition) is 3. The Morgan fingerprint density at radius 3 is 2.84 bits per heavy atom. The number of rotatable bonds is 0. The molecule has 2 heterocycles. The van der Waals surface area contributed by atoms with Gasteiger partial charge in [0.05, 0.1) is 17.6 Å². The van der Waals surface area contributed by atoms with Crippen molar-refractivity contribution >= 4 is 21.7 Å². The molecule has 3 aromatic rings. The molecule has 0 saturated heterocycles. The van der Waals surface area contributed by atoms with Gasteiger partial charge in [-0.3, -0.25) is 0 Å². The average molecular weight is 252 g/mol. The van der Waals surface area contributed by atoms with Crippen molar-refractivity contribution in [3.05, 3.63) is 52.4 Å². The molecule has 4 rings (SSSR count). The molecule has 3 heteroatoms. The Kier molecular flexibility index (Phi) is 2.01. The Morgan fingerprint density at radius 2 is 1.95 bits per heavy atom. The second-order valence-corrected chi connectivity index (χ2v) is 5.01. The molecule has 3 nitrogen and oxygen atoms in total. The third-order valence-corrected chi connectivity index (χ3v) is 3.75. The zero-order valence-corrected chi connectivity index (χ0v) is 10.5. The van der Waals surface area contributed by atoms with E-state index < -0.39 is 0 Å². The monoisotopic (exact) mass is 252 g/mol. The summed E-state index contributed by atoms with van der Waals surface area (Å²) >= 11 is 0. The molecule has 0 N–H and O–H groups in total. The van der Waals surface area contributed by atoms with E-state index in [9.17, 15) is 4.79 Å². The van der Waals surface area contributed by atoms with Gasteiger partial charge >= 0.3 is 5.63 Å². The van der Waals surface area contributed by atoms with Crippen molar-refractivity contribution in [3.8, 4) is 5.75 Å². The molecular weight excluding hydrogens is 240 g/mol. The maximum Gasteiger partial charge on any atom is 0.343 e. The summed E-state index contributed by atoms with van der Waals surface area (Å²) in [6, 6.07) is 11.9. The number of hydrogen-bond donors (Lipinski definition) is 0. The van der Waals surface area contributed by atoms with E-state index in [4.69, 9.17) is 9.15 Å². The van der Waals surface area contributed by atoms with Crippen molar-refractivity contribution in [2.75, 3.05) is 6.61 Å². The van der Waals surface area contributed by atoms with Gasteiger partial charge < -0.3 is 9.15 Å². The molecule has 19 heavy (non-hydrogen) atoms. The topological polar surface area (TPSA) is 39.4 Å². The van der Waals surface area contributed by atoms with Gasteiger partial charge in [0.1, 0.15) is 11.3 Å². The predicted molar refractivity (Wildman–Crippen MR) is 73.9 cm³/mol. The van der Waals surface area contributed by atoms with Crippen molar-refractivity contribution in [2.24, 2.45) is 0 Å². The van der Waals surface area contributed by atoms with Gasteiger partial charge in [-0.25, -0.2) is 4.79 Å². The summed E-state index contributed by atoms with van der Waals surface area (Å²) < 4.78 is 11.2. The van der Waals surface area contributed by atoms with Crippen LogP contribution in [0, 0.1) is 0 Å². The van der Waals surface area contributed by atoms with Crippen LogP contribution in [0.15, 0.2) is 45.6 Å². The normalized spacial score (nSPS) is 17.6. The summed E-state index contributed by atoms with van der Waals surface area (Å²) in [4.78, 5) is 12.1. The van der Waals surface area contributed by atoms with Gasteiger partial charge in [0.15, 0.2) is 0 Å². The Balaban J connectivity index is 2.24. The zero-order valence-electron chi connectivity index (χ0n) is 10.5. The third kappa shape index (κ3) is 1.35. The van der Waals surface area contributed by atoms with Crippen LogP contribution >= 0.6 is 0 Å². The van der Waals surface area contributed by atoms with Crippen molar-refractivity contribution in [1.29, 1.82) is 0 Å². The highest BCUT2D eigenvalue weighted by Crippen LogP contribution is 2.39. The van der Waals surface area contributed by atoms with E-state index in [0.29, 0.717) is 23.5 Å². The first kappa shape index (κ1) is 10.6. The molecule has 1 unspecified atom stereocenters. The summed E-state index contributed by atoms with van der Waals surface area (Å²) in [5.74, 6) is 0.798. The van der Waals surface area contributed by atoms with Gasteiger partial charge in [-0.1, -0.05) is 37.3 Å². The van der Waals surface area contributed by atoms with Crippen molar-refractivity contribution in [3.63, 3.8) is 0 Å². The molecule has 1 atom stereocenters. The summed E-state index contributed by atoms with van der Waals surface area (Å²) in [5, 5.41) is 2.89. The van der Waals surface area contributed by atoms with Crippen molar-refractivity contribution in [1.82, 2.24) is 0 Å². The SMILES string of the molecule is CC1COc2c1c(=O)oc1c2ccc2ccccc21. The first-order valence-electron chi connectivity index (χ1n) is 6.37. The molecule has 0 radical (unpaired) electrons.